The van der Waals surface area contributed by atoms with E-state index in [1.165, 1.54) is 4.90 Å². The van der Waals surface area contributed by atoms with Crippen molar-refractivity contribution < 1.29 is 19.1 Å². The molecule has 2 aromatic carbocycles. The van der Waals surface area contributed by atoms with Crippen molar-refractivity contribution >= 4 is 23.3 Å². The molecule has 2 aromatic rings. The minimum atomic E-state index is -0.644. The number of ether oxygens (including phenoxy) is 1. The number of carbonyl (C=O) groups is 3. The molecule has 1 heterocycles. The fourth-order valence-electron chi connectivity index (χ4n) is 6.10. The fourth-order valence-corrected chi connectivity index (χ4v) is 6.10. The van der Waals surface area contributed by atoms with Crippen LogP contribution in [0.4, 0.5) is 5.69 Å². The first-order valence-electron chi connectivity index (χ1n) is 11.4. The molecule has 0 spiro atoms. The molecule has 5 aliphatic rings. The molecule has 5 nitrogen and oxygen atoms in total. The molecule has 4 aliphatic carbocycles. The average molecular weight is 428 g/mol. The average Bonchev–Trinajstić information content (AvgIpc) is 3.58. The van der Waals surface area contributed by atoms with Gasteiger partial charge in [-0.2, -0.15) is 0 Å². The van der Waals surface area contributed by atoms with Crippen LogP contribution in [0.15, 0.2) is 60.7 Å². The van der Waals surface area contributed by atoms with Crippen LogP contribution >= 0.6 is 0 Å². The van der Waals surface area contributed by atoms with Crippen molar-refractivity contribution in [3.05, 3.63) is 71.8 Å². The van der Waals surface area contributed by atoms with Gasteiger partial charge in [-0.25, -0.2) is 0 Å². The van der Waals surface area contributed by atoms with Crippen molar-refractivity contribution in [2.24, 2.45) is 35.5 Å². The molecule has 2 saturated carbocycles. The maximum atomic E-state index is 13.2. The SMILES string of the molecule is Cc1ccc(C(=O)[C@H](C)Oc2ccc(N3C(=O)[C@@H]4[C@H]5C=C[C@@H]([C@@H]6C[C@H]56)[C@@H]4C3=O)cc2)cc1. The molecule has 0 N–H and O–H groups in total. The van der Waals surface area contributed by atoms with Crippen molar-refractivity contribution in [1.29, 1.82) is 0 Å². The molecule has 1 aliphatic heterocycles. The largest absolute Gasteiger partial charge is 0.483 e. The molecule has 7 atom stereocenters. The maximum Gasteiger partial charge on any atom is 0.238 e. The van der Waals surface area contributed by atoms with E-state index in [0.29, 0.717) is 28.8 Å². The number of Topliss-reactive ketones (excluding diaryl/α,β-unsaturated/α-hetero) is 1. The topological polar surface area (TPSA) is 63.7 Å². The van der Waals surface area contributed by atoms with Crippen LogP contribution in [0.1, 0.15) is 29.3 Å². The van der Waals surface area contributed by atoms with Crippen LogP contribution in [0.2, 0.25) is 0 Å². The van der Waals surface area contributed by atoms with Gasteiger partial charge in [0, 0.05) is 5.56 Å². The van der Waals surface area contributed by atoms with Gasteiger partial charge in [-0.3, -0.25) is 19.3 Å². The van der Waals surface area contributed by atoms with E-state index in [9.17, 15) is 14.4 Å². The van der Waals surface area contributed by atoms with Crippen molar-refractivity contribution in [3.8, 4) is 5.75 Å². The minimum Gasteiger partial charge on any atom is -0.483 e. The quantitative estimate of drug-likeness (QED) is 0.408. The lowest BCUT2D eigenvalue weighted by Gasteiger charge is -2.37. The summed E-state index contributed by atoms with van der Waals surface area (Å²) in [7, 11) is 0. The van der Waals surface area contributed by atoms with E-state index < -0.39 is 6.10 Å². The third-order valence-corrected chi connectivity index (χ3v) is 7.78. The Balaban J connectivity index is 1.18. The van der Waals surface area contributed by atoms with Gasteiger partial charge in [0.15, 0.2) is 6.10 Å². The molecular weight excluding hydrogens is 402 g/mol. The summed E-state index contributed by atoms with van der Waals surface area (Å²) < 4.78 is 5.84. The van der Waals surface area contributed by atoms with E-state index in [2.05, 4.69) is 12.2 Å². The molecular formula is C27H25NO4. The van der Waals surface area contributed by atoms with Crippen molar-refractivity contribution in [3.63, 3.8) is 0 Å². The maximum absolute atomic E-state index is 13.2. The minimum absolute atomic E-state index is 0.0683. The van der Waals surface area contributed by atoms with Crippen LogP contribution in [-0.4, -0.2) is 23.7 Å². The number of ketones is 1. The van der Waals surface area contributed by atoms with E-state index in [0.717, 1.165) is 12.0 Å². The van der Waals surface area contributed by atoms with E-state index in [-0.39, 0.29) is 41.3 Å². The Morgan fingerprint density at radius 1 is 0.906 bits per heavy atom. The number of hydrogen-bond acceptors (Lipinski definition) is 4. The van der Waals surface area contributed by atoms with Gasteiger partial charge in [-0.15, -0.1) is 0 Å². The molecule has 32 heavy (non-hydrogen) atoms. The molecule has 3 fully saturated rings. The molecule has 0 radical (unpaired) electrons. The van der Waals surface area contributed by atoms with Crippen LogP contribution in [-0.2, 0) is 9.59 Å². The number of rotatable bonds is 5. The lowest BCUT2D eigenvalue weighted by Crippen LogP contribution is -2.40. The number of aryl methyl sites for hydroxylation is 1. The summed E-state index contributed by atoms with van der Waals surface area (Å²) in [4.78, 5) is 40.5. The first kappa shape index (κ1) is 19.5. The van der Waals surface area contributed by atoms with E-state index >= 15 is 0 Å². The smallest absolute Gasteiger partial charge is 0.238 e. The second-order valence-electron chi connectivity index (χ2n) is 9.65. The predicted octanol–water partition coefficient (Wildman–Crippen LogP) is 4.20. The first-order valence-corrected chi connectivity index (χ1v) is 11.4. The molecule has 2 amide bonds. The van der Waals surface area contributed by atoms with E-state index in [1.807, 2.05) is 19.1 Å². The molecule has 5 heteroatoms. The van der Waals surface area contributed by atoms with Crippen LogP contribution in [0, 0.1) is 42.4 Å². The standard InChI is InChI=1S/C27H25NO4/c1-14-3-5-16(6-4-14)25(29)15(2)32-18-9-7-17(8-10-18)28-26(30)23-19-11-12-20(22-13-21(19)22)24(23)27(28)31/h3-12,15,19-24H,13H2,1-2H3/t15-,19-,20-,21-,22+,23-,24+/m0/s1. The van der Waals surface area contributed by atoms with Crippen LogP contribution in [0.5, 0.6) is 5.75 Å². The lowest BCUT2D eigenvalue weighted by atomic mass is 9.63. The van der Waals surface area contributed by atoms with Gasteiger partial charge in [0.1, 0.15) is 5.75 Å². The third kappa shape index (κ3) is 2.80. The Morgan fingerprint density at radius 2 is 1.47 bits per heavy atom. The highest BCUT2D eigenvalue weighted by atomic mass is 16.5. The zero-order chi connectivity index (χ0) is 22.1. The number of benzene rings is 2. The number of allylic oxidation sites excluding steroid dienone is 2. The second-order valence-corrected chi connectivity index (χ2v) is 9.65. The predicted molar refractivity (Wildman–Crippen MR) is 119 cm³/mol. The monoisotopic (exact) mass is 427 g/mol. The van der Waals surface area contributed by atoms with Gasteiger partial charge in [0.2, 0.25) is 17.6 Å². The van der Waals surface area contributed by atoms with Crippen molar-refractivity contribution in [1.82, 2.24) is 0 Å². The van der Waals surface area contributed by atoms with Crippen LogP contribution in [0.3, 0.4) is 0 Å². The number of imide groups is 1. The summed E-state index contributed by atoms with van der Waals surface area (Å²) in [6.45, 7) is 3.70. The van der Waals surface area contributed by atoms with Gasteiger partial charge in [0.05, 0.1) is 17.5 Å². The number of nitrogens with zero attached hydrogens (tertiary/aromatic N) is 1. The van der Waals surface area contributed by atoms with E-state index in [4.69, 9.17) is 4.74 Å². The Kier molecular flexibility index (Phi) is 4.19. The number of anilines is 1. The van der Waals surface area contributed by atoms with Gasteiger partial charge in [-0.1, -0.05) is 42.0 Å². The summed E-state index contributed by atoms with van der Waals surface area (Å²) >= 11 is 0. The Morgan fingerprint density at radius 3 is 2.03 bits per heavy atom. The highest BCUT2D eigenvalue weighted by Crippen LogP contribution is 2.65. The summed E-state index contributed by atoms with van der Waals surface area (Å²) in [6.07, 6.45) is 4.87. The van der Waals surface area contributed by atoms with Crippen molar-refractivity contribution in [2.75, 3.05) is 4.90 Å². The zero-order valence-electron chi connectivity index (χ0n) is 18.1. The molecule has 0 aromatic heterocycles. The molecule has 7 rings (SSSR count). The summed E-state index contributed by atoms with van der Waals surface area (Å²) in [5.74, 6) is 1.50. The summed E-state index contributed by atoms with van der Waals surface area (Å²) in [5, 5.41) is 0. The Bertz CT molecular complexity index is 1110. The fraction of sp³-hybridized carbons (Fsp3) is 0.370. The molecule has 0 unspecified atom stereocenters. The molecule has 162 valence electrons. The summed E-state index contributed by atoms with van der Waals surface area (Å²) in [5.41, 5.74) is 2.28. The molecule has 1 saturated heterocycles. The van der Waals surface area contributed by atoms with Gasteiger partial charge >= 0.3 is 0 Å². The number of carbonyl (C=O) groups excluding carboxylic acids is 3. The van der Waals surface area contributed by atoms with Crippen molar-refractivity contribution in [2.45, 2.75) is 26.4 Å². The van der Waals surface area contributed by atoms with Gasteiger partial charge < -0.3 is 4.74 Å². The highest BCUT2D eigenvalue weighted by molar-refractivity contribution is 6.22. The Labute approximate surface area is 187 Å². The number of hydrogen-bond donors (Lipinski definition) is 0. The van der Waals surface area contributed by atoms with Crippen LogP contribution in [0.25, 0.3) is 0 Å². The summed E-state index contributed by atoms with van der Waals surface area (Å²) in [6, 6.07) is 14.3. The van der Waals surface area contributed by atoms with Gasteiger partial charge in [0.25, 0.3) is 0 Å². The van der Waals surface area contributed by atoms with Crippen LogP contribution < -0.4 is 9.64 Å². The van der Waals surface area contributed by atoms with E-state index in [1.54, 1.807) is 43.3 Å². The number of amides is 2. The third-order valence-electron chi connectivity index (χ3n) is 7.78. The lowest BCUT2D eigenvalue weighted by molar-refractivity contribution is -0.124. The van der Waals surface area contributed by atoms with Gasteiger partial charge in [-0.05, 0) is 68.2 Å². The first-order chi connectivity index (χ1) is 15.4. The Hall–Kier alpha value is -3.21. The second kappa shape index (κ2) is 6.89. The zero-order valence-corrected chi connectivity index (χ0v) is 18.1. The highest BCUT2D eigenvalue weighted by Gasteiger charge is 2.67. The normalized spacial score (nSPS) is 32.5. The molecule has 2 bridgehead atoms.